The van der Waals surface area contributed by atoms with Crippen LogP contribution in [0.4, 0.5) is 0 Å². The molecule has 2 aromatic carbocycles. The van der Waals surface area contributed by atoms with E-state index in [0.717, 1.165) is 4.47 Å². The van der Waals surface area contributed by atoms with Crippen LogP contribution in [-0.2, 0) is 9.53 Å². The Labute approximate surface area is 153 Å². The van der Waals surface area contributed by atoms with Crippen molar-refractivity contribution in [3.63, 3.8) is 0 Å². The number of amides is 1. The molecule has 0 aliphatic carbocycles. The lowest BCUT2D eigenvalue weighted by molar-refractivity contribution is -0.119. The minimum atomic E-state index is -0.567. The van der Waals surface area contributed by atoms with E-state index in [4.69, 9.17) is 4.74 Å². The Bertz CT molecular complexity index is 816. The molecule has 25 heavy (non-hydrogen) atoms. The summed E-state index contributed by atoms with van der Waals surface area (Å²) in [6, 6.07) is 13.4. The van der Waals surface area contributed by atoms with Gasteiger partial charge in [-0.2, -0.15) is 0 Å². The number of ketones is 1. The summed E-state index contributed by atoms with van der Waals surface area (Å²) >= 11 is 3.33. The van der Waals surface area contributed by atoms with E-state index in [-0.39, 0.29) is 29.9 Å². The maximum absolute atomic E-state index is 12.7. The SMILES string of the molecule is O=C1CCC(COC(=O)c2ccccc2C(=O)c2ccc(Br)cc2)N1. The van der Waals surface area contributed by atoms with Gasteiger partial charge >= 0.3 is 5.97 Å². The maximum atomic E-state index is 12.7. The molecule has 0 saturated carbocycles. The van der Waals surface area contributed by atoms with Gasteiger partial charge in [-0.1, -0.05) is 34.1 Å². The monoisotopic (exact) mass is 401 g/mol. The molecule has 1 amide bonds. The van der Waals surface area contributed by atoms with E-state index in [1.165, 1.54) is 0 Å². The summed E-state index contributed by atoms with van der Waals surface area (Å²) in [4.78, 5) is 36.3. The normalized spacial score (nSPS) is 16.4. The highest BCUT2D eigenvalue weighted by Crippen LogP contribution is 2.18. The number of hydrogen-bond donors (Lipinski definition) is 1. The highest BCUT2D eigenvalue weighted by atomic mass is 79.9. The highest BCUT2D eigenvalue weighted by molar-refractivity contribution is 9.10. The van der Waals surface area contributed by atoms with Gasteiger partial charge in [-0.15, -0.1) is 0 Å². The van der Waals surface area contributed by atoms with E-state index in [9.17, 15) is 14.4 Å². The molecule has 0 spiro atoms. The fourth-order valence-corrected chi connectivity index (χ4v) is 2.94. The fourth-order valence-electron chi connectivity index (χ4n) is 2.67. The van der Waals surface area contributed by atoms with Crippen molar-refractivity contribution >= 4 is 33.6 Å². The standard InChI is InChI=1S/C19H16BrNO4/c20-13-7-5-12(6-8-13)18(23)15-3-1-2-4-16(15)19(24)25-11-14-9-10-17(22)21-14/h1-8,14H,9-11H2,(H,21,22). The van der Waals surface area contributed by atoms with E-state index in [1.807, 2.05) is 0 Å². The molecule has 1 N–H and O–H groups in total. The van der Waals surface area contributed by atoms with Gasteiger partial charge in [0.2, 0.25) is 5.91 Å². The molecule has 1 aliphatic heterocycles. The molecule has 1 saturated heterocycles. The Hall–Kier alpha value is -2.47. The molecule has 0 aromatic heterocycles. The summed E-state index contributed by atoms with van der Waals surface area (Å²) in [5.41, 5.74) is 1.01. The number of hydrogen-bond acceptors (Lipinski definition) is 4. The summed E-state index contributed by atoms with van der Waals surface area (Å²) < 4.78 is 6.16. The van der Waals surface area contributed by atoms with Crippen LogP contribution in [-0.4, -0.2) is 30.3 Å². The molecule has 2 aromatic rings. The third kappa shape index (κ3) is 4.14. The molecule has 1 fully saturated rings. The van der Waals surface area contributed by atoms with Crippen LogP contribution in [0.3, 0.4) is 0 Å². The Morgan fingerprint density at radius 2 is 1.76 bits per heavy atom. The molecule has 1 atom stereocenters. The van der Waals surface area contributed by atoms with Crippen LogP contribution in [0.25, 0.3) is 0 Å². The zero-order valence-electron chi connectivity index (χ0n) is 13.3. The Kier molecular flexibility index (Phi) is 5.28. The summed E-state index contributed by atoms with van der Waals surface area (Å²) in [7, 11) is 0. The van der Waals surface area contributed by atoms with Crippen molar-refractivity contribution in [2.24, 2.45) is 0 Å². The molecular weight excluding hydrogens is 386 g/mol. The third-order valence-corrected chi connectivity index (χ3v) is 4.53. The number of benzene rings is 2. The van der Waals surface area contributed by atoms with Gasteiger partial charge < -0.3 is 10.1 Å². The van der Waals surface area contributed by atoms with Crippen LogP contribution in [0.1, 0.15) is 39.1 Å². The summed E-state index contributed by atoms with van der Waals surface area (Å²) in [5, 5.41) is 2.74. The van der Waals surface area contributed by atoms with Crippen LogP contribution in [0, 0.1) is 0 Å². The van der Waals surface area contributed by atoms with Gasteiger partial charge in [0.15, 0.2) is 5.78 Å². The van der Waals surface area contributed by atoms with Crippen molar-refractivity contribution < 1.29 is 19.1 Å². The molecule has 0 bridgehead atoms. The molecule has 1 heterocycles. The van der Waals surface area contributed by atoms with Crippen molar-refractivity contribution in [2.45, 2.75) is 18.9 Å². The molecule has 6 heteroatoms. The lowest BCUT2D eigenvalue weighted by atomic mass is 9.98. The Balaban J connectivity index is 1.75. The van der Waals surface area contributed by atoms with E-state index in [1.54, 1.807) is 48.5 Å². The second-order valence-electron chi connectivity index (χ2n) is 5.78. The van der Waals surface area contributed by atoms with Gasteiger partial charge in [-0.05, 0) is 36.8 Å². The van der Waals surface area contributed by atoms with E-state index < -0.39 is 5.97 Å². The van der Waals surface area contributed by atoms with Crippen molar-refractivity contribution in [1.29, 1.82) is 0 Å². The number of rotatable bonds is 5. The summed E-state index contributed by atoms with van der Waals surface area (Å²) in [6.45, 7) is 0.103. The van der Waals surface area contributed by atoms with Crippen molar-refractivity contribution in [1.82, 2.24) is 5.32 Å². The van der Waals surface area contributed by atoms with Gasteiger partial charge in [-0.25, -0.2) is 4.79 Å². The van der Waals surface area contributed by atoms with Crippen molar-refractivity contribution in [3.8, 4) is 0 Å². The predicted octanol–water partition coefficient (Wildman–Crippen LogP) is 3.12. The maximum Gasteiger partial charge on any atom is 0.338 e. The van der Waals surface area contributed by atoms with Gasteiger partial charge in [0.05, 0.1) is 11.6 Å². The van der Waals surface area contributed by atoms with Crippen LogP contribution >= 0.6 is 15.9 Å². The first kappa shape index (κ1) is 17.4. The first-order valence-electron chi connectivity index (χ1n) is 7.90. The quantitative estimate of drug-likeness (QED) is 0.616. The second-order valence-corrected chi connectivity index (χ2v) is 6.70. The zero-order valence-corrected chi connectivity index (χ0v) is 14.9. The van der Waals surface area contributed by atoms with Gasteiger partial charge in [0.1, 0.15) is 6.61 Å². The minimum absolute atomic E-state index is 0.0353. The van der Waals surface area contributed by atoms with Crippen LogP contribution in [0.5, 0.6) is 0 Å². The van der Waals surface area contributed by atoms with Crippen molar-refractivity contribution in [2.75, 3.05) is 6.61 Å². The first-order valence-corrected chi connectivity index (χ1v) is 8.69. The fraction of sp³-hybridized carbons (Fsp3) is 0.211. The summed E-state index contributed by atoms with van der Waals surface area (Å²) in [6.07, 6.45) is 1.09. The topological polar surface area (TPSA) is 72.5 Å². The average molecular weight is 402 g/mol. The molecular formula is C19H16BrNO4. The molecule has 3 rings (SSSR count). The predicted molar refractivity (Wildman–Crippen MR) is 95.5 cm³/mol. The van der Waals surface area contributed by atoms with Crippen LogP contribution in [0.15, 0.2) is 53.0 Å². The average Bonchev–Trinajstić information content (AvgIpc) is 3.05. The lowest BCUT2D eigenvalue weighted by Crippen LogP contribution is -2.31. The zero-order chi connectivity index (χ0) is 17.8. The largest absolute Gasteiger partial charge is 0.460 e. The Morgan fingerprint density at radius 1 is 1.08 bits per heavy atom. The number of carbonyl (C=O) groups is 3. The van der Waals surface area contributed by atoms with E-state index >= 15 is 0 Å². The minimum Gasteiger partial charge on any atom is -0.460 e. The Morgan fingerprint density at radius 3 is 2.40 bits per heavy atom. The van der Waals surface area contributed by atoms with Crippen molar-refractivity contribution in [3.05, 3.63) is 69.7 Å². The summed E-state index contributed by atoms with van der Waals surface area (Å²) in [5.74, 6) is -0.844. The number of nitrogens with one attached hydrogen (secondary N) is 1. The van der Waals surface area contributed by atoms with Crippen LogP contribution in [0.2, 0.25) is 0 Å². The molecule has 0 radical (unpaired) electrons. The third-order valence-electron chi connectivity index (χ3n) is 4.00. The number of esters is 1. The van der Waals surface area contributed by atoms with Gasteiger partial charge in [0.25, 0.3) is 0 Å². The molecule has 128 valence electrons. The number of ether oxygens (including phenoxy) is 1. The van der Waals surface area contributed by atoms with Gasteiger partial charge in [-0.3, -0.25) is 9.59 Å². The molecule has 5 nitrogen and oxygen atoms in total. The lowest BCUT2D eigenvalue weighted by Gasteiger charge is -2.12. The highest BCUT2D eigenvalue weighted by Gasteiger charge is 2.24. The van der Waals surface area contributed by atoms with E-state index in [0.29, 0.717) is 24.0 Å². The molecule has 1 aliphatic rings. The van der Waals surface area contributed by atoms with Gasteiger partial charge in [0, 0.05) is 22.0 Å². The number of carbonyl (C=O) groups excluding carboxylic acids is 3. The van der Waals surface area contributed by atoms with Crippen LogP contribution < -0.4 is 5.32 Å². The first-order chi connectivity index (χ1) is 12.0. The smallest absolute Gasteiger partial charge is 0.338 e. The molecule has 1 unspecified atom stereocenters. The number of halogens is 1. The second kappa shape index (κ2) is 7.61. The van der Waals surface area contributed by atoms with E-state index in [2.05, 4.69) is 21.2 Å².